The van der Waals surface area contributed by atoms with E-state index in [1.54, 1.807) is 0 Å². The summed E-state index contributed by atoms with van der Waals surface area (Å²) in [6.07, 6.45) is 7.73. The molecule has 120 valence electrons. The molecule has 2 aromatic rings. The first-order chi connectivity index (χ1) is 11.4. The minimum atomic E-state index is 0.124. The molecule has 0 aromatic heterocycles. The number of rotatable bonds is 6. The molecule has 0 bridgehead atoms. The Morgan fingerprint density at radius 2 is 1.70 bits per heavy atom. The maximum atomic E-state index is 6.47. The molecule has 0 radical (unpaired) electrons. The largest absolute Gasteiger partial charge is 0.290 e. The predicted molar refractivity (Wildman–Crippen MR) is 94.8 cm³/mol. The Balaban J connectivity index is 1.79. The molecule has 1 heterocycles. The molecule has 0 saturated heterocycles. The monoisotopic (exact) mass is 307 g/mol. The van der Waals surface area contributed by atoms with Gasteiger partial charge in [0.15, 0.2) is 0 Å². The van der Waals surface area contributed by atoms with E-state index < -0.39 is 0 Å². The van der Waals surface area contributed by atoms with E-state index in [9.17, 15) is 0 Å². The molecule has 2 heteroatoms. The van der Waals surface area contributed by atoms with E-state index in [-0.39, 0.29) is 6.10 Å². The molecule has 0 fully saturated rings. The molecule has 0 saturated carbocycles. The van der Waals surface area contributed by atoms with Crippen LogP contribution in [0.4, 0.5) is 0 Å². The maximum absolute atomic E-state index is 6.47. The van der Waals surface area contributed by atoms with Crippen LogP contribution >= 0.6 is 0 Å². The third kappa shape index (κ3) is 4.10. The highest BCUT2D eigenvalue weighted by Crippen LogP contribution is 2.32. The second-order valence-corrected chi connectivity index (χ2v) is 6.03. The second-order valence-electron chi connectivity index (χ2n) is 6.03. The van der Waals surface area contributed by atoms with Crippen LogP contribution in [-0.4, -0.2) is 11.6 Å². The average molecular weight is 307 g/mol. The standard InChI is InChI=1S/C21H25NO/c1-2-11-21(19-14-7-4-8-15-19)23-22-17-10-9-16-20(22)18-12-5-3-6-13-18/h3-10,12-15,20-21H,2,11,16-17H2,1H3/t20-,21?/m0/s1. The summed E-state index contributed by atoms with van der Waals surface area (Å²) in [6, 6.07) is 21.5. The van der Waals surface area contributed by atoms with Gasteiger partial charge in [0, 0.05) is 6.54 Å². The summed E-state index contributed by atoms with van der Waals surface area (Å²) < 4.78 is 0. The topological polar surface area (TPSA) is 12.5 Å². The zero-order chi connectivity index (χ0) is 15.9. The van der Waals surface area contributed by atoms with Crippen molar-refractivity contribution in [1.82, 2.24) is 5.06 Å². The van der Waals surface area contributed by atoms with Crippen molar-refractivity contribution in [2.45, 2.75) is 38.3 Å². The third-order valence-corrected chi connectivity index (χ3v) is 4.33. The number of hydroxylamine groups is 2. The molecule has 1 aliphatic heterocycles. The lowest BCUT2D eigenvalue weighted by molar-refractivity contribution is -0.224. The average Bonchev–Trinajstić information content (AvgIpc) is 2.63. The highest BCUT2D eigenvalue weighted by atomic mass is 16.7. The lowest BCUT2D eigenvalue weighted by Gasteiger charge is -2.35. The summed E-state index contributed by atoms with van der Waals surface area (Å²) in [4.78, 5) is 6.47. The lowest BCUT2D eigenvalue weighted by Crippen LogP contribution is -2.33. The Hall–Kier alpha value is -1.90. The van der Waals surface area contributed by atoms with Gasteiger partial charge in [-0.3, -0.25) is 4.84 Å². The zero-order valence-corrected chi connectivity index (χ0v) is 13.8. The fraction of sp³-hybridized carbons (Fsp3) is 0.333. The number of nitrogens with zero attached hydrogens (tertiary/aromatic N) is 1. The summed E-state index contributed by atoms with van der Waals surface area (Å²) in [5, 5.41) is 2.16. The van der Waals surface area contributed by atoms with Crippen molar-refractivity contribution < 1.29 is 4.84 Å². The molecule has 0 N–H and O–H groups in total. The second kappa shape index (κ2) is 8.09. The van der Waals surface area contributed by atoms with Gasteiger partial charge in [0.25, 0.3) is 0 Å². The van der Waals surface area contributed by atoms with E-state index in [0.29, 0.717) is 6.04 Å². The van der Waals surface area contributed by atoms with Crippen molar-refractivity contribution in [2.24, 2.45) is 0 Å². The molecule has 1 unspecified atom stereocenters. The van der Waals surface area contributed by atoms with Crippen LogP contribution in [0.25, 0.3) is 0 Å². The van der Waals surface area contributed by atoms with Crippen molar-refractivity contribution in [3.63, 3.8) is 0 Å². The van der Waals surface area contributed by atoms with Crippen LogP contribution in [-0.2, 0) is 4.84 Å². The third-order valence-electron chi connectivity index (χ3n) is 4.33. The van der Waals surface area contributed by atoms with Crippen LogP contribution in [0.15, 0.2) is 72.8 Å². The van der Waals surface area contributed by atoms with E-state index in [4.69, 9.17) is 4.84 Å². The molecule has 0 aliphatic carbocycles. The van der Waals surface area contributed by atoms with Crippen LogP contribution in [0.5, 0.6) is 0 Å². The molecule has 1 aliphatic rings. The van der Waals surface area contributed by atoms with Gasteiger partial charge in [-0.15, -0.1) is 0 Å². The SMILES string of the molecule is CCCC(ON1CC=CC[C@H]1c1ccccc1)c1ccccc1. The van der Waals surface area contributed by atoms with Gasteiger partial charge in [-0.05, 0) is 24.0 Å². The van der Waals surface area contributed by atoms with Crippen molar-refractivity contribution >= 4 is 0 Å². The van der Waals surface area contributed by atoms with E-state index >= 15 is 0 Å². The van der Waals surface area contributed by atoms with Crippen LogP contribution in [0, 0.1) is 0 Å². The number of hydrogen-bond donors (Lipinski definition) is 0. The highest BCUT2D eigenvalue weighted by Gasteiger charge is 2.25. The van der Waals surface area contributed by atoms with Gasteiger partial charge in [0.1, 0.15) is 6.10 Å². The molecule has 0 amide bonds. The van der Waals surface area contributed by atoms with Gasteiger partial charge < -0.3 is 0 Å². The predicted octanol–water partition coefficient (Wildman–Crippen LogP) is 5.46. The lowest BCUT2D eigenvalue weighted by atomic mass is 10.0. The zero-order valence-electron chi connectivity index (χ0n) is 13.8. The van der Waals surface area contributed by atoms with Gasteiger partial charge in [-0.1, -0.05) is 86.2 Å². The van der Waals surface area contributed by atoms with Gasteiger partial charge >= 0.3 is 0 Å². The molecule has 2 atom stereocenters. The van der Waals surface area contributed by atoms with E-state index in [1.807, 2.05) is 0 Å². The fourth-order valence-electron chi connectivity index (χ4n) is 3.12. The molecular weight excluding hydrogens is 282 g/mol. The summed E-state index contributed by atoms with van der Waals surface area (Å²) >= 11 is 0. The van der Waals surface area contributed by atoms with Gasteiger partial charge in [-0.25, -0.2) is 0 Å². The van der Waals surface area contributed by atoms with Crippen molar-refractivity contribution in [3.8, 4) is 0 Å². The van der Waals surface area contributed by atoms with Crippen LogP contribution in [0.1, 0.15) is 49.5 Å². The highest BCUT2D eigenvalue weighted by molar-refractivity contribution is 5.21. The first-order valence-corrected chi connectivity index (χ1v) is 8.56. The van der Waals surface area contributed by atoms with Gasteiger partial charge in [0.2, 0.25) is 0 Å². The quantitative estimate of drug-likeness (QED) is 0.657. The minimum absolute atomic E-state index is 0.124. The Kier molecular flexibility index (Phi) is 5.62. The van der Waals surface area contributed by atoms with E-state index in [2.05, 4.69) is 84.8 Å². The maximum Gasteiger partial charge on any atom is 0.104 e. The van der Waals surface area contributed by atoms with Gasteiger partial charge in [-0.2, -0.15) is 5.06 Å². The molecule has 0 spiro atoms. The van der Waals surface area contributed by atoms with Crippen molar-refractivity contribution in [3.05, 3.63) is 83.9 Å². The number of hydrogen-bond acceptors (Lipinski definition) is 2. The summed E-state index contributed by atoms with van der Waals surface area (Å²) in [6.45, 7) is 3.05. The molecule has 2 aromatic carbocycles. The van der Waals surface area contributed by atoms with Crippen LogP contribution in [0.2, 0.25) is 0 Å². The minimum Gasteiger partial charge on any atom is -0.290 e. The normalized spacial score (nSPS) is 19.6. The number of benzene rings is 2. The Morgan fingerprint density at radius 3 is 2.39 bits per heavy atom. The summed E-state index contributed by atoms with van der Waals surface area (Å²) in [5.74, 6) is 0. The first kappa shape index (κ1) is 16.0. The van der Waals surface area contributed by atoms with Crippen LogP contribution in [0.3, 0.4) is 0 Å². The Bertz CT molecular complexity index is 608. The Morgan fingerprint density at radius 1 is 1.00 bits per heavy atom. The molecular formula is C21H25NO. The van der Waals surface area contributed by atoms with Gasteiger partial charge in [0.05, 0.1) is 6.04 Å². The summed E-state index contributed by atoms with van der Waals surface area (Å²) in [7, 11) is 0. The van der Waals surface area contributed by atoms with Crippen LogP contribution < -0.4 is 0 Å². The molecule has 23 heavy (non-hydrogen) atoms. The van der Waals surface area contributed by atoms with Crippen molar-refractivity contribution in [2.75, 3.05) is 6.54 Å². The summed E-state index contributed by atoms with van der Waals surface area (Å²) in [5.41, 5.74) is 2.58. The van der Waals surface area contributed by atoms with E-state index in [1.165, 1.54) is 11.1 Å². The molecule has 2 nitrogen and oxygen atoms in total. The fourth-order valence-corrected chi connectivity index (χ4v) is 3.12. The first-order valence-electron chi connectivity index (χ1n) is 8.56. The Labute approximate surface area is 139 Å². The molecule has 3 rings (SSSR count). The smallest absolute Gasteiger partial charge is 0.104 e. The van der Waals surface area contributed by atoms with E-state index in [0.717, 1.165) is 25.8 Å². The van der Waals surface area contributed by atoms with Crippen molar-refractivity contribution in [1.29, 1.82) is 0 Å².